The lowest BCUT2D eigenvalue weighted by Gasteiger charge is -2.12. The van der Waals surface area contributed by atoms with E-state index in [1.54, 1.807) is 18.4 Å². The number of thiazole rings is 1. The molecule has 0 unspecified atom stereocenters. The highest BCUT2D eigenvalue weighted by atomic mass is 127. The SMILES string of the molecule is CN=C(NCCCn1ccc2ccccc21)NCc1sc(C)nc1C.I. The van der Waals surface area contributed by atoms with Gasteiger partial charge in [0.2, 0.25) is 0 Å². The summed E-state index contributed by atoms with van der Waals surface area (Å²) in [6, 6.07) is 10.7. The Hall–Kier alpha value is -1.61. The Kier molecular flexibility index (Phi) is 7.89. The van der Waals surface area contributed by atoms with Crippen LogP contribution < -0.4 is 10.6 Å². The van der Waals surface area contributed by atoms with Crippen molar-refractivity contribution in [1.29, 1.82) is 0 Å². The number of fused-ring (bicyclic) bond motifs is 1. The van der Waals surface area contributed by atoms with Crippen LogP contribution in [0.2, 0.25) is 0 Å². The first kappa shape index (κ1) is 20.7. The number of benzene rings is 1. The van der Waals surface area contributed by atoms with Gasteiger partial charge in [-0.3, -0.25) is 4.99 Å². The lowest BCUT2D eigenvalue weighted by molar-refractivity contribution is 0.641. The molecule has 0 saturated heterocycles. The summed E-state index contributed by atoms with van der Waals surface area (Å²) in [4.78, 5) is 10.0. The second kappa shape index (κ2) is 9.91. The minimum atomic E-state index is 0. The monoisotopic (exact) mass is 483 g/mol. The normalized spacial score (nSPS) is 11.4. The fourth-order valence-corrected chi connectivity index (χ4v) is 3.79. The summed E-state index contributed by atoms with van der Waals surface area (Å²) in [5, 5.41) is 9.15. The van der Waals surface area contributed by atoms with E-state index in [4.69, 9.17) is 0 Å². The molecule has 0 aliphatic rings. The van der Waals surface area contributed by atoms with Gasteiger partial charge in [0.15, 0.2) is 5.96 Å². The first-order chi connectivity index (χ1) is 12.2. The van der Waals surface area contributed by atoms with Gasteiger partial charge in [-0.25, -0.2) is 4.98 Å². The number of para-hydroxylation sites is 1. The highest BCUT2D eigenvalue weighted by Gasteiger charge is 2.06. The highest BCUT2D eigenvalue weighted by Crippen LogP contribution is 2.16. The van der Waals surface area contributed by atoms with Crippen molar-refractivity contribution < 1.29 is 0 Å². The van der Waals surface area contributed by atoms with Crippen molar-refractivity contribution in [2.24, 2.45) is 4.99 Å². The number of hydrogen-bond donors (Lipinski definition) is 2. The van der Waals surface area contributed by atoms with E-state index in [-0.39, 0.29) is 24.0 Å². The number of aliphatic imine (C=N–C) groups is 1. The van der Waals surface area contributed by atoms with Gasteiger partial charge in [0.25, 0.3) is 0 Å². The van der Waals surface area contributed by atoms with Crippen molar-refractivity contribution in [1.82, 2.24) is 20.2 Å². The van der Waals surface area contributed by atoms with E-state index in [1.165, 1.54) is 15.8 Å². The second-order valence-electron chi connectivity index (χ2n) is 6.02. The molecule has 140 valence electrons. The molecule has 0 radical (unpaired) electrons. The van der Waals surface area contributed by atoms with Gasteiger partial charge in [0, 0.05) is 36.7 Å². The molecule has 0 fully saturated rings. The van der Waals surface area contributed by atoms with Crippen molar-refractivity contribution in [3.05, 3.63) is 52.1 Å². The van der Waals surface area contributed by atoms with E-state index < -0.39 is 0 Å². The Morgan fingerprint density at radius 1 is 1.19 bits per heavy atom. The molecule has 2 heterocycles. The molecule has 3 rings (SSSR count). The summed E-state index contributed by atoms with van der Waals surface area (Å²) in [7, 11) is 1.81. The Morgan fingerprint density at radius 2 is 2.00 bits per heavy atom. The van der Waals surface area contributed by atoms with Crippen molar-refractivity contribution in [3.63, 3.8) is 0 Å². The molecular weight excluding hydrogens is 457 g/mol. The van der Waals surface area contributed by atoms with Gasteiger partial charge in [-0.05, 0) is 37.8 Å². The van der Waals surface area contributed by atoms with Gasteiger partial charge in [-0.1, -0.05) is 18.2 Å². The van der Waals surface area contributed by atoms with Crippen LogP contribution >= 0.6 is 35.3 Å². The summed E-state index contributed by atoms with van der Waals surface area (Å²) in [6.45, 7) is 6.73. The van der Waals surface area contributed by atoms with Gasteiger partial charge in [-0.2, -0.15) is 0 Å². The third-order valence-electron chi connectivity index (χ3n) is 4.19. The van der Waals surface area contributed by atoms with E-state index in [1.807, 2.05) is 6.92 Å². The zero-order chi connectivity index (χ0) is 17.6. The van der Waals surface area contributed by atoms with Crippen LogP contribution in [0.1, 0.15) is 22.0 Å². The number of aromatic nitrogens is 2. The number of nitrogens with one attached hydrogen (secondary N) is 2. The maximum Gasteiger partial charge on any atom is 0.191 e. The van der Waals surface area contributed by atoms with Crippen LogP contribution in [-0.4, -0.2) is 29.1 Å². The number of rotatable bonds is 6. The molecule has 1 aromatic carbocycles. The smallest absolute Gasteiger partial charge is 0.191 e. The van der Waals surface area contributed by atoms with Crippen molar-refractivity contribution in [3.8, 4) is 0 Å². The van der Waals surface area contributed by atoms with E-state index >= 15 is 0 Å². The second-order valence-corrected chi connectivity index (χ2v) is 7.30. The van der Waals surface area contributed by atoms with E-state index in [0.717, 1.165) is 42.7 Å². The molecule has 2 aromatic heterocycles. The van der Waals surface area contributed by atoms with Gasteiger partial charge < -0.3 is 15.2 Å². The summed E-state index contributed by atoms with van der Waals surface area (Å²) < 4.78 is 2.30. The van der Waals surface area contributed by atoms with Crippen LogP contribution in [0.25, 0.3) is 10.9 Å². The van der Waals surface area contributed by atoms with Crippen LogP contribution in [-0.2, 0) is 13.1 Å². The molecule has 26 heavy (non-hydrogen) atoms. The molecular formula is C19H26IN5S. The molecule has 0 amide bonds. The number of hydrogen-bond acceptors (Lipinski definition) is 3. The molecule has 5 nitrogen and oxygen atoms in total. The lowest BCUT2D eigenvalue weighted by atomic mass is 10.2. The maximum atomic E-state index is 4.46. The Morgan fingerprint density at radius 3 is 2.73 bits per heavy atom. The van der Waals surface area contributed by atoms with Crippen molar-refractivity contribution >= 4 is 52.2 Å². The number of nitrogens with zero attached hydrogens (tertiary/aromatic N) is 3. The number of guanidine groups is 1. The van der Waals surface area contributed by atoms with Gasteiger partial charge >= 0.3 is 0 Å². The first-order valence-corrected chi connectivity index (χ1v) is 9.40. The van der Waals surface area contributed by atoms with Crippen LogP contribution in [0.15, 0.2) is 41.5 Å². The standard InChI is InChI=1S/C19H25N5S.HI/c1-14-18(25-15(2)23-14)13-22-19(20-3)21-10-6-11-24-12-9-16-7-4-5-8-17(16)24;/h4-5,7-9,12H,6,10-11,13H2,1-3H3,(H2,20,21,22);1H. The van der Waals surface area contributed by atoms with Crippen molar-refractivity contribution in [2.45, 2.75) is 33.4 Å². The van der Waals surface area contributed by atoms with Crippen LogP contribution in [0.3, 0.4) is 0 Å². The van der Waals surface area contributed by atoms with E-state index in [2.05, 4.69) is 68.6 Å². The third kappa shape index (κ3) is 5.20. The zero-order valence-electron chi connectivity index (χ0n) is 15.5. The third-order valence-corrected chi connectivity index (χ3v) is 5.26. The maximum absolute atomic E-state index is 4.46. The van der Waals surface area contributed by atoms with Crippen LogP contribution in [0, 0.1) is 13.8 Å². The predicted molar refractivity (Wildman–Crippen MR) is 122 cm³/mol. The summed E-state index contributed by atoms with van der Waals surface area (Å²) in [5.41, 5.74) is 2.39. The fraction of sp³-hybridized carbons (Fsp3) is 0.368. The molecule has 0 saturated carbocycles. The van der Waals surface area contributed by atoms with Gasteiger partial charge in [0.1, 0.15) is 0 Å². The Labute approximate surface area is 176 Å². The quantitative estimate of drug-likeness (QED) is 0.241. The number of aryl methyl sites for hydroxylation is 3. The van der Waals surface area contributed by atoms with Crippen molar-refractivity contribution in [2.75, 3.05) is 13.6 Å². The van der Waals surface area contributed by atoms with E-state index in [0.29, 0.717) is 0 Å². The zero-order valence-corrected chi connectivity index (χ0v) is 18.6. The first-order valence-electron chi connectivity index (χ1n) is 8.58. The van der Waals surface area contributed by atoms with E-state index in [9.17, 15) is 0 Å². The topological polar surface area (TPSA) is 54.2 Å². The molecule has 0 bridgehead atoms. The molecule has 0 spiro atoms. The molecule has 3 aromatic rings. The summed E-state index contributed by atoms with van der Waals surface area (Å²) >= 11 is 1.73. The Bertz CT molecular complexity index is 868. The average molecular weight is 483 g/mol. The van der Waals surface area contributed by atoms with Crippen LogP contribution in [0.4, 0.5) is 0 Å². The molecule has 0 aliphatic carbocycles. The fourth-order valence-electron chi connectivity index (χ4n) is 2.91. The minimum Gasteiger partial charge on any atom is -0.356 e. The molecule has 7 heteroatoms. The van der Waals surface area contributed by atoms with Gasteiger partial charge in [0.05, 0.1) is 17.2 Å². The number of halogens is 1. The molecule has 2 N–H and O–H groups in total. The average Bonchev–Trinajstić information content (AvgIpc) is 3.17. The molecule has 0 atom stereocenters. The summed E-state index contributed by atoms with van der Waals surface area (Å²) in [6.07, 6.45) is 3.20. The minimum absolute atomic E-state index is 0. The summed E-state index contributed by atoms with van der Waals surface area (Å²) in [5.74, 6) is 0.836. The van der Waals surface area contributed by atoms with Crippen LogP contribution in [0.5, 0.6) is 0 Å². The largest absolute Gasteiger partial charge is 0.356 e. The molecule has 0 aliphatic heterocycles. The predicted octanol–water partition coefficient (Wildman–Crippen LogP) is 4.09. The Balaban J connectivity index is 0.00000243. The van der Waals surface area contributed by atoms with Gasteiger partial charge in [-0.15, -0.1) is 35.3 Å². The lowest BCUT2D eigenvalue weighted by Crippen LogP contribution is -2.37. The highest BCUT2D eigenvalue weighted by molar-refractivity contribution is 14.0.